The van der Waals surface area contributed by atoms with E-state index in [4.69, 9.17) is 5.73 Å². The highest BCUT2D eigenvalue weighted by Crippen LogP contribution is 2.23. The first-order valence-corrected chi connectivity index (χ1v) is 7.06. The van der Waals surface area contributed by atoms with Gasteiger partial charge in [-0.2, -0.15) is 0 Å². The van der Waals surface area contributed by atoms with Crippen molar-refractivity contribution in [1.82, 2.24) is 0 Å². The van der Waals surface area contributed by atoms with Crippen LogP contribution in [0.1, 0.15) is 32.8 Å². The van der Waals surface area contributed by atoms with Gasteiger partial charge in [0.25, 0.3) is 0 Å². The summed E-state index contributed by atoms with van der Waals surface area (Å²) in [4.78, 5) is 14.5. The summed E-state index contributed by atoms with van der Waals surface area (Å²) < 4.78 is 0. The molecule has 0 radical (unpaired) electrons. The fraction of sp³-hybridized carbons (Fsp3) is 0.562. The van der Waals surface area contributed by atoms with Crippen molar-refractivity contribution in [3.8, 4) is 0 Å². The van der Waals surface area contributed by atoms with E-state index in [-0.39, 0.29) is 11.8 Å². The third kappa shape index (κ3) is 4.06. The SMILES string of the molecule is Cc1ccccc1N(CCCN)C(=O)C(C)C(C)C. The Morgan fingerprint density at radius 1 is 1.26 bits per heavy atom. The highest BCUT2D eigenvalue weighted by atomic mass is 16.2. The first-order chi connectivity index (χ1) is 8.99. The number of benzene rings is 1. The molecule has 3 heteroatoms. The Morgan fingerprint density at radius 2 is 1.89 bits per heavy atom. The van der Waals surface area contributed by atoms with E-state index in [9.17, 15) is 4.79 Å². The van der Waals surface area contributed by atoms with Crippen LogP contribution in [0.5, 0.6) is 0 Å². The molecule has 0 aliphatic carbocycles. The van der Waals surface area contributed by atoms with E-state index in [1.807, 2.05) is 43.0 Å². The smallest absolute Gasteiger partial charge is 0.230 e. The number of para-hydroxylation sites is 1. The van der Waals surface area contributed by atoms with Gasteiger partial charge in [0.2, 0.25) is 5.91 Å². The van der Waals surface area contributed by atoms with Crippen molar-refractivity contribution in [3.05, 3.63) is 29.8 Å². The molecule has 19 heavy (non-hydrogen) atoms. The molecule has 0 spiro atoms. The maximum atomic E-state index is 12.6. The van der Waals surface area contributed by atoms with Crippen LogP contribution in [0, 0.1) is 18.8 Å². The minimum Gasteiger partial charge on any atom is -0.330 e. The molecule has 0 bridgehead atoms. The van der Waals surface area contributed by atoms with Crippen molar-refractivity contribution >= 4 is 11.6 Å². The molecule has 106 valence electrons. The first-order valence-electron chi connectivity index (χ1n) is 7.06. The summed E-state index contributed by atoms with van der Waals surface area (Å²) in [5.41, 5.74) is 7.73. The number of nitrogens with two attached hydrogens (primary N) is 1. The minimum atomic E-state index is 0.0254. The Labute approximate surface area is 116 Å². The fourth-order valence-corrected chi connectivity index (χ4v) is 2.00. The van der Waals surface area contributed by atoms with Crippen LogP contribution in [0.2, 0.25) is 0 Å². The van der Waals surface area contributed by atoms with Gasteiger partial charge in [0.1, 0.15) is 0 Å². The van der Waals surface area contributed by atoms with Crippen molar-refractivity contribution in [2.45, 2.75) is 34.1 Å². The molecule has 0 aliphatic rings. The molecule has 0 saturated heterocycles. The summed E-state index contributed by atoms with van der Waals surface area (Å²) >= 11 is 0. The van der Waals surface area contributed by atoms with Gasteiger partial charge in [-0.15, -0.1) is 0 Å². The van der Waals surface area contributed by atoms with E-state index in [1.54, 1.807) is 0 Å². The van der Waals surface area contributed by atoms with Gasteiger partial charge in [-0.3, -0.25) is 4.79 Å². The van der Waals surface area contributed by atoms with Gasteiger partial charge in [-0.25, -0.2) is 0 Å². The van der Waals surface area contributed by atoms with Crippen molar-refractivity contribution in [2.24, 2.45) is 17.6 Å². The van der Waals surface area contributed by atoms with Crippen molar-refractivity contribution < 1.29 is 4.79 Å². The normalized spacial score (nSPS) is 12.5. The van der Waals surface area contributed by atoms with Crippen molar-refractivity contribution in [1.29, 1.82) is 0 Å². The summed E-state index contributed by atoms with van der Waals surface area (Å²) in [6, 6.07) is 8.02. The van der Waals surface area contributed by atoms with Crippen LogP contribution < -0.4 is 10.6 Å². The van der Waals surface area contributed by atoms with Crippen LogP contribution in [0.25, 0.3) is 0 Å². The highest BCUT2D eigenvalue weighted by molar-refractivity contribution is 5.95. The minimum absolute atomic E-state index is 0.0254. The number of amides is 1. The fourth-order valence-electron chi connectivity index (χ4n) is 2.00. The number of aryl methyl sites for hydroxylation is 1. The first kappa shape index (κ1) is 15.7. The lowest BCUT2D eigenvalue weighted by Crippen LogP contribution is -2.38. The zero-order valence-corrected chi connectivity index (χ0v) is 12.5. The molecule has 0 heterocycles. The van der Waals surface area contributed by atoms with Crippen LogP contribution in [0.15, 0.2) is 24.3 Å². The lowest BCUT2D eigenvalue weighted by atomic mass is 9.96. The third-order valence-corrected chi connectivity index (χ3v) is 3.65. The molecule has 3 nitrogen and oxygen atoms in total. The summed E-state index contributed by atoms with van der Waals surface area (Å²) in [6.45, 7) is 9.50. The van der Waals surface area contributed by atoms with Gasteiger partial charge < -0.3 is 10.6 Å². The monoisotopic (exact) mass is 262 g/mol. The van der Waals surface area contributed by atoms with Crippen molar-refractivity contribution in [3.63, 3.8) is 0 Å². The van der Waals surface area contributed by atoms with E-state index in [0.29, 0.717) is 19.0 Å². The molecule has 1 aromatic carbocycles. The number of carbonyl (C=O) groups excluding carboxylic acids is 1. The number of anilines is 1. The lowest BCUT2D eigenvalue weighted by molar-refractivity contribution is -0.123. The molecule has 0 aliphatic heterocycles. The van der Waals surface area contributed by atoms with Gasteiger partial charge in [0.15, 0.2) is 0 Å². The predicted octanol–water partition coefficient (Wildman–Crippen LogP) is 2.97. The Bertz CT molecular complexity index is 415. The molecular formula is C16H26N2O. The van der Waals surface area contributed by atoms with Crippen LogP contribution in [0.4, 0.5) is 5.69 Å². The maximum Gasteiger partial charge on any atom is 0.230 e. The molecule has 2 N–H and O–H groups in total. The molecule has 0 fully saturated rings. The van der Waals surface area contributed by atoms with E-state index < -0.39 is 0 Å². The molecule has 1 amide bonds. The Kier molecular flexibility index (Phi) is 6.03. The average molecular weight is 262 g/mol. The van der Waals surface area contributed by atoms with Gasteiger partial charge in [0, 0.05) is 18.2 Å². The van der Waals surface area contributed by atoms with E-state index in [1.165, 1.54) is 0 Å². The number of nitrogens with zero attached hydrogens (tertiary/aromatic N) is 1. The summed E-state index contributed by atoms with van der Waals surface area (Å²) in [6.07, 6.45) is 0.824. The van der Waals surface area contributed by atoms with Gasteiger partial charge in [-0.05, 0) is 37.4 Å². The van der Waals surface area contributed by atoms with Crippen LogP contribution >= 0.6 is 0 Å². The molecular weight excluding hydrogens is 236 g/mol. The van der Waals surface area contributed by atoms with E-state index in [0.717, 1.165) is 17.7 Å². The lowest BCUT2D eigenvalue weighted by Gasteiger charge is -2.28. The van der Waals surface area contributed by atoms with Crippen LogP contribution in [-0.4, -0.2) is 19.0 Å². The zero-order valence-electron chi connectivity index (χ0n) is 12.5. The van der Waals surface area contributed by atoms with Gasteiger partial charge in [0.05, 0.1) is 0 Å². The highest BCUT2D eigenvalue weighted by Gasteiger charge is 2.24. The second kappa shape index (κ2) is 7.29. The van der Waals surface area contributed by atoms with Crippen LogP contribution in [0.3, 0.4) is 0 Å². The molecule has 1 aromatic rings. The second-order valence-corrected chi connectivity index (χ2v) is 5.45. The summed E-state index contributed by atoms with van der Waals surface area (Å²) in [5, 5.41) is 0. The molecule has 0 aromatic heterocycles. The van der Waals surface area contributed by atoms with Crippen LogP contribution in [-0.2, 0) is 4.79 Å². The number of hydrogen-bond donors (Lipinski definition) is 1. The maximum absolute atomic E-state index is 12.6. The quantitative estimate of drug-likeness (QED) is 0.856. The standard InChI is InChI=1S/C16H26N2O/c1-12(2)14(4)16(19)18(11-7-10-17)15-9-6-5-8-13(15)3/h5-6,8-9,12,14H,7,10-11,17H2,1-4H3. The third-order valence-electron chi connectivity index (χ3n) is 3.65. The molecule has 1 atom stereocenters. The average Bonchev–Trinajstić information content (AvgIpc) is 2.39. The Hall–Kier alpha value is -1.35. The molecule has 1 unspecified atom stereocenters. The van der Waals surface area contributed by atoms with Gasteiger partial charge in [-0.1, -0.05) is 39.0 Å². The molecule has 1 rings (SSSR count). The second-order valence-electron chi connectivity index (χ2n) is 5.45. The van der Waals surface area contributed by atoms with Gasteiger partial charge >= 0.3 is 0 Å². The summed E-state index contributed by atoms with van der Waals surface area (Å²) in [5.74, 6) is 0.562. The zero-order chi connectivity index (χ0) is 14.4. The Morgan fingerprint density at radius 3 is 2.42 bits per heavy atom. The van der Waals surface area contributed by atoms with Crippen molar-refractivity contribution in [2.75, 3.05) is 18.0 Å². The van der Waals surface area contributed by atoms with E-state index >= 15 is 0 Å². The summed E-state index contributed by atoms with van der Waals surface area (Å²) in [7, 11) is 0. The Balaban J connectivity index is 3.01. The van der Waals surface area contributed by atoms with E-state index in [2.05, 4.69) is 13.8 Å². The topological polar surface area (TPSA) is 46.3 Å². The molecule has 0 saturated carbocycles. The number of hydrogen-bond acceptors (Lipinski definition) is 2. The predicted molar refractivity (Wildman–Crippen MR) is 81.2 cm³/mol. The number of carbonyl (C=O) groups is 1. The number of rotatable bonds is 6. The largest absolute Gasteiger partial charge is 0.330 e.